The maximum Gasteiger partial charge on any atom is 0.123 e. The molecule has 17 heavy (non-hydrogen) atoms. The van der Waals surface area contributed by atoms with Crippen molar-refractivity contribution in [2.24, 2.45) is 5.73 Å². The number of hydrogen-bond acceptors (Lipinski definition) is 3. The summed E-state index contributed by atoms with van der Waals surface area (Å²) in [4.78, 5) is 2.23. The van der Waals surface area contributed by atoms with Crippen LogP contribution in [0, 0.1) is 5.82 Å². The molecule has 0 saturated carbocycles. The Bertz CT molecular complexity index is 355. The van der Waals surface area contributed by atoms with Crippen molar-refractivity contribution in [3.05, 3.63) is 35.6 Å². The lowest BCUT2D eigenvalue weighted by molar-refractivity contribution is 0.121. The van der Waals surface area contributed by atoms with Crippen LogP contribution in [0.2, 0.25) is 0 Å². The van der Waals surface area contributed by atoms with E-state index < -0.39 is 0 Å². The van der Waals surface area contributed by atoms with Gasteiger partial charge < -0.3 is 10.8 Å². The van der Waals surface area contributed by atoms with Crippen molar-refractivity contribution in [1.82, 2.24) is 4.90 Å². The van der Waals surface area contributed by atoms with Crippen molar-refractivity contribution in [3.8, 4) is 0 Å². The molecule has 1 aliphatic rings. The van der Waals surface area contributed by atoms with Crippen molar-refractivity contribution in [2.45, 2.75) is 24.9 Å². The van der Waals surface area contributed by atoms with E-state index in [1.54, 1.807) is 12.1 Å². The first-order valence-corrected chi connectivity index (χ1v) is 6.08. The van der Waals surface area contributed by atoms with Crippen molar-refractivity contribution in [1.29, 1.82) is 0 Å². The summed E-state index contributed by atoms with van der Waals surface area (Å²) < 4.78 is 12.9. The normalized spacial score (nSPS) is 22.9. The van der Waals surface area contributed by atoms with E-state index in [4.69, 9.17) is 5.73 Å². The summed E-state index contributed by atoms with van der Waals surface area (Å²) >= 11 is 0. The molecule has 0 amide bonds. The van der Waals surface area contributed by atoms with E-state index in [1.807, 2.05) is 0 Å². The van der Waals surface area contributed by atoms with Gasteiger partial charge in [-0.3, -0.25) is 4.90 Å². The molecule has 2 rings (SSSR count). The molecule has 2 atom stereocenters. The van der Waals surface area contributed by atoms with Crippen LogP contribution in [0.5, 0.6) is 0 Å². The topological polar surface area (TPSA) is 49.5 Å². The number of benzene rings is 1. The Morgan fingerprint density at radius 2 is 2.12 bits per heavy atom. The number of likely N-dealkylation sites (tertiary alicyclic amines) is 1. The minimum Gasteiger partial charge on any atom is -0.395 e. The first-order chi connectivity index (χ1) is 8.26. The summed E-state index contributed by atoms with van der Waals surface area (Å²) in [7, 11) is 0. The lowest BCUT2D eigenvalue weighted by Crippen LogP contribution is -2.39. The second-order valence-electron chi connectivity index (χ2n) is 4.52. The van der Waals surface area contributed by atoms with Crippen LogP contribution < -0.4 is 5.73 Å². The Balaban J connectivity index is 2.18. The van der Waals surface area contributed by atoms with E-state index in [9.17, 15) is 9.50 Å². The number of nitrogens with zero attached hydrogens (tertiary/aromatic N) is 1. The van der Waals surface area contributed by atoms with Crippen LogP contribution in [0.3, 0.4) is 0 Å². The van der Waals surface area contributed by atoms with Gasteiger partial charge in [-0.2, -0.15) is 0 Å². The van der Waals surface area contributed by atoms with E-state index in [0.717, 1.165) is 24.9 Å². The zero-order valence-corrected chi connectivity index (χ0v) is 9.85. The van der Waals surface area contributed by atoms with Crippen molar-refractivity contribution >= 4 is 0 Å². The standard InChI is InChI=1S/C13H19FN2O/c14-11-5-3-10(4-6-11)13(8-15)16-7-1-2-12(16)9-17/h3-6,12-13,17H,1-2,7-9,15H2. The third-order valence-corrected chi connectivity index (χ3v) is 3.51. The fourth-order valence-electron chi connectivity index (χ4n) is 2.61. The van der Waals surface area contributed by atoms with Gasteiger partial charge in [-0.05, 0) is 37.1 Å². The van der Waals surface area contributed by atoms with Gasteiger partial charge in [0.1, 0.15) is 5.82 Å². The van der Waals surface area contributed by atoms with Crippen molar-refractivity contribution in [3.63, 3.8) is 0 Å². The highest BCUT2D eigenvalue weighted by Crippen LogP contribution is 2.28. The van der Waals surface area contributed by atoms with Gasteiger partial charge in [-0.25, -0.2) is 4.39 Å². The second kappa shape index (κ2) is 5.58. The summed E-state index contributed by atoms with van der Waals surface area (Å²) in [6, 6.07) is 6.74. The molecular formula is C13H19FN2O. The highest BCUT2D eigenvalue weighted by Gasteiger charge is 2.30. The Morgan fingerprint density at radius 3 is 2.71 bits per heavy atom. The molecule has 0 bridgehead atoms. The lowest BCUT2D eigenvalue weighted by atomic mass is 10.0. The molecule has 2 unspecified atom stereocenters. The van der Waals surface area contributed by atoms with Crippen LogP contribution >= 0.6 is 0 Å². The number of aliphatic hydroxyl groups excluding tert-OH is 1. The predicted octanol–water partition coefficient (Wildman–Crippen LogP) is 1.28. The molecule has 0 aliphatic carbocycles. The summed E-state index contributed by atoms with van der Waals surface area (Å²) in [5.74, 6) is -0.232. The van der Waals surface area contributed by atoms with Gasteiger partial charge in [0.2, 0.25) is 0 Å². The highest BCUT2D eigenvalue weighted by atomic mass is 19.1. The molecule has 0 aromatic heterocycles. The average Bonchev–Trinajstić information content (AvgIpc) is 2.81. The molecule has 3 N–H and O–H groups in total. The summed E-state index contributed by atoms with van der Waals surface area (Å²) in [5, 5.41) is 9.33. The second-order valence-corrected chi connectivity index (χ2v) is 4.52. The fraction of sp³-hybridized carbons (Fsp3) is 0.538. The smallest absolute Gasteiger partial charge is 0.123 e. The van der Waals surface area contributed by atoms with Gasteiger partial charge in [-0.15, -0.1) is 0 Å². The monoisotopic (exact) mass is 238 g/mol. The number of aliphatic hydroxyl groups is 1. The van der Waals surface area contributed by atoms with E-state index in [1.165, 1.54) is 12.1 Å². The third-order valence-electron chi connectivity index (χ3n) is 3.51. The van der Waals surface area contributed by atoms with Crippen LogP contribution in [0.4, 0.5) is 4.39 Å². The first kappa shape index (κ1) is 12.5. The molecule has 1 saturated heterocycles. The maximum atomic E-state index is 12.9. The Morgan fingerprint density at radius 1 is 1.41 bits per heavy atom. The van der Waals surface area contributed by atoms with E-state index in [0.29, 0.717) is 6.54 Å². The Hall–Kier alpha value is -0.970. The summed E-state index contributed by atoms with van der Waals surface area (Å²) in [6.45, 7) is 1.60. The first-order valence-electron chi connectivity index (χ1n) is 6.08. The zero-order valence-electron chi connectivity index (χ0n) is 9.85. The van der Waals surface area contributed by atoms with Gasteiger partial charge in [0, 0.05) is 18.6 Å². The number of halogens is 1. The largest absolute Gasteiger partial charge is 0.395 e. The van der Waals surface area contributed by atoms with Crippen LogP contribution in [-0.4, -0.2) is 35.7 Å². The zero-order chi connectivity index (χ0) is 12.3. The molecule has 4 heteroatoms. The predicted molar refractivity (Wildman–Crippen MR) is 65.0 cm³/mol. The van der Waals surface area contributed by atoms with Gasteiger partial charge in [0.25, 0.3) is 0 Å². The molecule has 94 valence electrons. The molecule has 0 spiro atoms. The minimum absolute atomic E-state index is 0.0789. The van der Waals surface area contributed by atoms with Crippen molar-refractivity contribution < 1.29 is 9.50 Å². The fourth-order valence-corrected chi connectivity index (χ4v) is 2.61. The van der Waals surface area contributed by atoms with E-state index in [-0.39, 0.29) is 24.5 Å². The number of nitrogens with two attached hydrogens (primary N) is 1. The van der Waals surface area contributed by atoms with Crippen LogP contribution in [0.15, 0.2) is 24.3 Å². The quantitative estimate of drug-likeness (QED) is 0.831. The molecule has 1 aromatic carbocycles. The minimum atomic E-state index is -0.232. The van der Waals surface area contributed by atoms with Crippen LogP contribution in [-0.2, 0) is 0 Å². The third kappa shape index (κ3) is 2.65. The van der Waals surface area contributed by atoms with Gasteiger partial charge in [0.05, 0.1) is 6.61 Å². The SMILES string of the molecule is NCC(c1ccc(F)cc1)N1CCCC1CO. The number of rotatable bonds is 4. The van der Waals surface area contributed by atoms with Gasteiger partial charge >= 0.3 is 0 Å². The maximum absolute atomic E-state index is 12.9. The molecule has 1 aromatic rings. The van der Waals surface area contributed by atoms with E-state index in [2.05, 4.69) is 4.90 Å². The Labute approximate surface area is 101 Å². The molecule has 1 aliphatic heterocycles. The molecular weight excluding hydrogens is 219 g/mol. The number of hydrogen-bond donors (Lipinski definition) is 2. The Kier molecular flexibility index (Phi) is 4.10. The van der Waals surface area contributed by atoms with Crippen LogP contribution in [0.1, 0.15) is 24.4 Å². The highest BCUT2D eigenvalue weighted by molar-refractivity contribution is 5.21. The van der Waals surface area contributed by atoms with Gasteiger partial charge in [-0.1, -0.05) is 12.1 Å². The molecule has 3 nitrogen and oxygen atoms in total. The molecule has 1 heterocycles. The summed E-state index contributed by atoms with van der Waals surface area (Å²) in [5.41, 5.74) is 6.84. The lowest BCUT2D eigenvalue weighted by Gasteiger charge is -2.31. The summed E-state index contributed by atoms with van der Waals surface area (Å²) in [6.07, 6.45) is 2.09. The van der Waals surface area contributed by atoms with Crippen LogP contribution in [0.25, 0.3) is 0 Å². The molecule has 0 radical (unpaired) electrons. The van der Waals surface area contributed by atoms with Crippen molar-refractivity contribution in [2.75, 3.05) is 19.7 Å². The molecule has 1 fully saturated rings. The van der Waals surface area contributed by atoms with E-state index >= 15 is 0 Å². The average molecular weight is 238 g/mol. The van der Waals surface area contributed by atoms with Gasteiger partial charge in [0.15, 0.2) is 0 Å².